The van der Waals surface area contributed by atoms with Crippen LogP contribution in [-0.4, -0.2) is 33.7 Å². The highest BCUT2D eigenvalue weighted by Gasteiger charge is 2.21. The van der Waals surface area contributed by atoms with Crippen LogP contribution in [0.5, 0.6) is 0 Å². The van der Waals surface area contributed by atoms with Crippen LogP contribution in [0.15, 0.2) is 6.20 Å². The molecule has 86 valence electrons. The Hall–Kier alpha value is -1.69. The van der Waals surface area contributed by atoms with Gasteiger partial charge in [-0.05, 0) is 19.3 Å². The number of carbonyl (C=O) groups excluding carboxylic acids is 1. The molecule has 1 N–H and O–H groups in total. The lowest BCUT2D eigenvalue weighted by molar-refractivity contribution is -0.0396. The Labute approximate surface area is 91.8 Å². The van der Waals surface area contributed by atoms with Gasteiger partial charge in [0.1, 0.15) is 6.23 Å². The van der Waals surface area contributed by atoms with Crippen molar-refractivity contribution in [2.75, 3.05) is 6.61 Å². The number of ether oxygens (including phenoxy) is 1. The van der Waals surface area contributed by atoms with Crippen LogP contribution in [-0.2, 0) is 4.74 Å². The number of nitrogens with zero attached hydrogens (tertiary/aromatic N) is 2. The molecule has 1 aliphatic heterocycles. The molecular formula is C10H12N2O4. The first kappa shape index (κ1) is 10.8. The Balaban J connectivity index is 2.27. The molecule has 0 spiro atoms. The largest absolute Gasteiger partial charge is 0.476 e. The smallest absolute Gasteiger partial charge is 0.357 e. The van der Waals surface area contributed by atoms with Gasteiger partial charge in [0.15, 0.2) is 12.0 Å². The van der Waals surface area contributed by atoms with E-state index in [-0.39, 0.29) is 17.5 Å². The minimum Gasteiger partial charge on any atom is -0.476 e. The first-order valence-electron chi connectivity index (χ1n) is 5.11. The second-order valence-electron chi connectivity index (χ2n) is 3.66. The maximum atomic E-state index is 10.8. The standard InChI is InChI=1S/C10H12N2O4/c13-6-7-5-12(11-9(7)10(14)15)8-3-1-2-4-16-8/h5-6,8H,1-4H2,(H,14,15). The molecule has 0 saturated carbocycles. The van der Waals surface area contributed by atoms with Gasteiger partial charge in [0.05, 0.1) is 5.56 Å². The van der Waals surface area contributed by atoms with Gasteiger partial charge < -0.3 is 9.84 Å². The summed E-state index contributed by atoms with van der Waals surface area (Å²) in [5, 5.41) is 12.7. The first-order valence-corrected chi connectivity index (χ1v) is 5.11. The minimum atomic E-state index is -1.20. The molecular weight excluding hydrogens is 212 g/mol. The average molecular weight is 224 g/mol. The summed E-state index contributed by atoms with van der Waals surface area (Å²) in [6, 6.07) is 0. The van der Waals surface area contributed by atoms with Crippen LogP contribution in [0.2, 0.25) is 0 Å². The zero-order chi connectivity index (χ0) is 11.5. The molecule has 1 unspecified atom stereocenters. The van der Waals surface area contributed by atoms with E-state index in [0.29, 0.717) is 12.9 Å². The van der Waals surface area contributed by atoms with Gasteiger partial charge in [-0.3, -0.25) is 4.79 Å². The van der Waals surface area contributed by atoms with Crippen molar-refractivity contribution in [3.8, 4) is 0 Å². The Morgan fingerprint density at radius 3 is 2.94 bits per heavy atom. The molecule has 1 aliphatic rings. The van der Waals surface area contributed by atoms with Gasteiger partial charge in [0, 0.05) is 12.8 Å². The summed E-state index contributed by atoms with van der Waals surface area (Å²) < 4.78 is 6.87. The molecule has 1 aromatic rings. The molecule has 2 heterocycles. The maximum Gasteiger partial charge on any atom is 0.357 e. The Bertz CT molecular complexity index is 407. The molecule has 6 heteroatoms. The topological polar surface area (TPSA) is 81.4 Å². The molecule has 2 rings (SSSR count). The SMILES string of the molecule is O=Cc1cn(C2CCCCO2)nc1C(=O)O. The van der Waals surface area contributed by atoms with Gasteiger partial charge in [-0.15, -0.1) is 0 Å². The van der Waals surface area contributed by atoms with Crippen LogP contribution in [0.3, 0.4) is 0 Å². The van der Waals surface area contributed by atoms with Crippen molar-refractivity contribution < 1.29 is 19.4 Å². The van der Waals surface area contributed by atoms with Gasteiger partial charge in [-0.25, -0.2) is 9.48 Å². The zero-order valence-electron chi connectivity index (χ0n) is 8.63. The van der Waals surface area contributed by atoms with E-state index in [4.69, 9.17) is 9.84 Å². The van der Waals surface area contributed by atoms with Gasteiger partial charge in [0.2, 0.25) is 0 Å². The third-order valence-corrected chi connectivity index (χ3v) is 2.54. The number of carbonyl (C=O) groups is 2. The van der Waals surface area contributed by atoms with Crippen molar-refractivity contribution in [2.24, 2.45) is 0 Å². The average Bonchev–Trinajstić information content (AvgIpc) is 2.74. The highest BCUT2D eigenvalue weighted by Crippen LogP contribution is 2.22. The number of aldehydes is 1. The fourth-order valence-corrected chi connectivity index (χ4v) is 1.74. The van der Waals surface area contributed by atoms with E-state index < -0.39 is 5.97 Å². The molecule has 1 fully saturated rings. The van der Waals surface area contributed by atoms with Crippen molar-refractivity contribution in [1.29, 1.82) is 0 Å². The fourth-order valence-electron chi connectivity index (χ4n) is 1.74. The minimum absolute atomic E-state index is 0.0849. The predicted octanol–water partition coefficient (Wildman–Crippen LogP) is 1.09. The summed E-state index contributed by atoms with van der Waals surface area (Å²) in [4.78, 5) is 21.5. The quantitative estimate of drug-likeness (QED) is 0.777. The zero-order valence-corrected chi connectivity index (χ0v) is 8.63. The molecule has 0 amide bonds. The number of hydrogen-bond acceptors (Lipinski definition) is 4. The van der Waals surface area contributed by atoms with Crippen LogP contribution in [0.4, 0.5) is 0 Å². The van der Waals surface area contributed by atoms with E-state index in [2.05, 4.69) is 5.10 Å². The normalized spacial score (nSPS) is 20.6. The number of hydrogen-bond donors (Lipinski definition) is 1. The predicted molar refractivity (Wildman–Crippen MR) is 53.4 cm³/mol. The molecule has 6 nitrogen and oxygen atoms in total. The lowest BCUT2D eigenvalue weighted by Crippen LogP contribution is -2.19. The summed E-state index contributed by atoms with van der Waals surface area (Å²) >= 11 is 0. The molecule has 0 radical (unpaired) electrons. The van der Waals surface area contributed by atoms with Crippen molar-refractivity contribution in [3.63, 3.8) is 0 Å². The molecule has 0 aromatic carbocycles. The van der Waals surface area contributed by atoms with E-state index in [9.17, 15) is 9.59 Å². The summed E-state index contributed by atoms with van der Waals surface area (Å²) in [6.45, 7) is 0.642. The lowest BCUT2D eigenvalue weighted by atomic mass is 10.2. The van der Waals surface area contributed by atoms with Crippen molar-refractivity contribution in [2.45, 2.75) is 25.5 Å². The van der Waals surface area contributed by atoms with Crippen LogP contribution in [0.1, 0.15) is 46.3 Å². The Kier molecular flexibility index (Phi) is 3.00. The number of carboxylic acids is 1. The van der Waals surface area contributed by atoms with E-state index in [1.807, 2.05) is 0 Å². The van der Waals surface area contributed by atoms with Crippen LogP contribution < -0.4 is 0 Å². The summed E-state index contributed by atoms with van der Waals surface area (Å²) in [6.07, 6.45) is 4.48. The Morgan fingerprint density at radius 1 is 1.62 bits per heavy atom. The van der Waals surface area contributed by atoms with Gasteiger partial charge in [-0.2, -0.15) is 5.10 Å². The maximum absolute atomic E-state index is 10.8. The second kappa shape index (κ2) is 4.44. The highest BCUT2D eigenvalue weighted by atomic mass is 16.5. The number of carboxylic acid groups (broad SMARTS) is 1. The molecule has 1 saturated heterocycles. The van der Waals surface area contributed by atoms with Gasteiger partial charge in [0.25, 0.3) is 0 Å². The highest BCUT2D eigenvalue weighted by molar-refractivity contribution is 5.95. The molecule has 1 atom stereocenters. The van der Waals surface area contributed by atoms with Crippen LogP contribution in [0.25, 0.3) is 0 Å². The second-order valence-corrected chi connectivity index (χ2v) is 3.66. The Morgan fingerprint density at radius 2 is 2.44 bits per heavy atom. The number of rotatable bonds is 3. The monoisotopic (exact) mass is 224 g/mol. The van der Waals surface area contributed by atoms with Crippen molar-refractivity contribution in [3.05, 3.63) is 17.5 Å². The van der Waals surface area contributed by atoms with Gasteiger partial charge >= 0.3 is 5.97 Å². The van der Waals surface area contributed by atoms with Crippen molar-refractivity contribution >= 4 is 12.3 Å². The van der Waals surface area contributed by atoms with Gasteiger partial charge in [-0.1, -0.05) is 0 Å². The summed E-state index contributed by atoms with van der Waals surface area (Å²) in [5.74, 6) is -1.20. The fraction of sp³-hybridized carbons (Fsp3) is 0.500. The summed E-state index contributed by atoms with van der Waals surface area (Å²) in [7, 11) is 0. The van der Waals surface area contributed by atoms with E-state index in [1.165, 1.54) is 10.9 Å². The molecule has 16 heavy (non-hydrogen) atoms. The third kappa shape index (κ3) is 1.96. The van der Waals surface area contributed by atoms with Crippen LogP contribution >= 0.6 is 0 Å². The number of aromatic nitrogens is 2. The molecule has 0 bridgehead atoms. The first-order chi connectivity index (χ1) is 7.72. The lowest BCUT2D eigenvalue weighted by Gasteiger charge is -2.22. The van der Waals surface area contributed by atoms with Crippen molar-refractivity contribution in [1.82, 2.24) is 9.78 Å². The number of aromatic carboxylic acids is 1. The molecule has 1 aromatic heterocycles. The molecule has 0 aliphatic carbocycles. The van der Waals surface area contributed by atoms with E-state index >= 15 is 0 Å². The third-order valence-electron chi connectivity index (χ3n) is 2.54. The van der Waals surface area contributed by atoms with Crippen LogP contribution in [0, 0.1) is 0 Å². The van der Waals surface area contributed by atoms with E-state index in [0.717, 1.165) is 19.3 Å². The van der Waals surface area contributed by atoms with E-state index in [1.54, 1.807) is 0 Å². The summed E-state index contributed by atoms with van der Waals surface area (Å²) in [5.41, 5.74) is -0.133.